The van der Waals surface area contributed by atoms with E-state index in [1.54, 1.807) is 25.6 Å². The maximum absolute atomic E-state index is 11.6. The summed E-state index contributed by atoms with van der Waals surface area (Å²) in [5.74, 6) is 0.322. The van der Waals surface area contributed by atoms with Crippen molar-refractivity contribution in [3.8, 4) is 5.82 Å². The van der Waals surface area contributed by atoms with Gasteiger partial charge in [-0.2, -0.15) is 5.10 Å². The summed E-state index contributed by atoms with van der Waals surface area (Å²) in [7, 11) is 1.68. The fraction of sp³-hybridized carbons (Fsp3) is 0.222. The molecule has 0 saturated heterocycles. The first kappa shape index (κ1) is 8.68. The molecule has 2 aromatic rings. The number of aryl methyl sites for hydroxylation is 2. The van der Waals surface area contributed by atoms with Crippen LogP contribution in [0, 0.1) is 6.92 Å². The first-order chi connectivity index (χ1) is 6.68. The number of nitrogens with zero attached hydrogens (tertiary/aromatic N) is 4. The zero-order valence-corrected chi connectivity index (χ0v) is 8.01. The molecular formula is C9H10N4O. The fourth-order valence-corrected chi connectivity index (χ4v) is 1.17. The molecule has 2 heterocycles. The predicted molar refractivity (Wildman–Crippen MR) is 51.3 cm³/mol. The van der Waals surface area contributed by atoms with Crippen LogP contribution in [0.15, 0.2) is 29.5 Å². The van der Waals surface area contributed by atoms with Gasteiger partial charge < -0.3 is 4.57 Å². The van der Waals surface area contributed by atoms with Gasteiger partial charge in [-0.05, 0) is 13.0 Å². The molecule has 2 rings (SSSR count). The van der Waals surface area contributed by atoms with E-state index in [4.69, 9.17) is 0 Å². The lowest BCUT2D eigenvalue weighted by Gasteiger charge is -2.00. The highest BCUT2D eigenvalue weighted by molar-refractivity contribution is 5.17. The second-order valence-electron chi connectivity index (χ2n) is 3.07. The van der Waals surface area contributed by atoms with Crippen molar-refractivity contribution in [3.05, 3.63) is 40.7 Å². The summed E-state index contributed by atoms with van der Waals surface area (Å²) in [4.78, 5) is 15.6. The average Bonchev–Trinajstić information content (AvgIpc) is 2.57. The topological polar surface area (TPSA) is 52.7 Å². The Morgan fingerprint density at radius 3 is 2.79 bits per heavy atom. The van der Waals surface area contributed by atoms with Crippen molar-refractivity contribution in [1.82, 2.24) is 19.3 Å². The monoisotopic (exact) mass is 190 g/mol. The molecule has 0 spiro atoms. The minimum atomic E-state index is -0.157. The zero-order chi connectivity index (χ0) is 10.1. The van der Waals surface area contributed by atoms with Crippen LogP contribution in [0.5, 0.6) is 0 Å². The van der Waals surface area contributed by atoms with Gasteiger partial charge in [-0.15, -0.1) is 0 Å². The maximum Gasteiger partial charge on any atom is 0.295 e. The molecule has 2 aromatic heterocycles. The van der Waals surface area contributed by atoms with Gasteiger partial charge in [-0.25, -0.2) is 9.67 Å². The lowest BCUT2D eigenvalue weighted by atomic mass is 10.5. The third-order valence-electron chi connectivity index (χ3n) is 1.94. The molecule has 14 heavy (non-hydrogen) atoms. The summed E-state index contributed by atoms with van der Waals surface area (Å²) in [6.07, 6.45) is 4.91. The van der Waals surface area contributed by atoms with Crippen molar-refractivity contribution in [1.29, 1.82) is 0 Å². The van der Waals surface area contributed by atoms with Crippen molar-refractivity contribution >= 4 is 0 Å². The van der Waals surface area contributed by atoms with Crippen LogP contribution in [0.2, 0.25) is 0 Å². The number of aromatic nitrogens is 4. The molecule has 0 aliphatic carbocycles. The van der Waals surface area contributed by atoms with E-state index < -0.39 is 0 Å². The molecule has 0 fully saturated rings. The van der Waals surface area contributed by atoms with Crippen LogP contribution in [0.25, 0.3) is 5.82 Å². The largest absolute Gasteiger partial charge is 0.314 e. The van der Waals surface area contributed by atoms with E-state index in [2.05, 4.69) is 10.1 Å². The van der Waals surface area contributed by atoms with Crippen molar-refractivity contribution in [2.24, 2.45) is 7.05 Å². The summed E-state index contributed by atoms with van der Waals surface area (Å²) < 4.78 is 2.96. The first-order valence-corrected chi connectivity index (χ1v) is 4.23. The number of hydrogen-bond acceptors (Lipinski definition) is 3. The molecule has 0 atom stereocenters. The van der Waals surface area contributed by atoms with E-state index in [0.29, 0.717) is 5.82 Å². The van der Waals surface area contributed by atoms with Gasteiger partial charge in [-0.3, -0.25) is 4.79 Å². The van der Waals surface area contributed by atoms with Gasteiger partial charge in [0.2, 0.25) is 5.82 Å². The highest BCUT2D eigenvalue weighted by atomic mass is 16.1. The molecule has 0 radical (unpaired) electrons. The van der Waals surface area contributed by atoms with E-state index in [-0.39, 0.29) is 5.56 Å². The van der Waals surface area contributed by atoms with Crippen LogP contribution < -0.4 is 5.56 Å². The van der Waals surface area contributed by atoms with E-state index in [9.17, 15) is 4.79 Å². The van der Waals surface area contributed by atoms with Crippen LogP contribution in [0.4, 0.5) is 0 Å². The molecule has 5 nitrogen and oxygen atoms in total. The Morgan fingerprint density at radius 2 is 2.14 bits per heavy atom. The second-order valence-corrected chi connectivity index (χ2v) is 3.07. The van der Waals surface area contributed by atoms with Crippen LogP contribution in [0.3, 0.4) is 0 Å². The third kappa shape index (κ3) is 1.32. The van der Waals surface area contributed by atoms with Crippen molar-refractivity contribution in [2.45, 2.75) is 6.92 Å². The Labute approximate surface area is 80.6 Å². The average molecular weight is 190 g/mol. The highest BCUT2D eigenvalue weighted by Gasteiger charge is 2.05. The lowest BCUT2D eigenvalue weighted by Crippen LogP contribution is -2.23. The van der Waals surface area contributed by atoms with Crippen LogP contribution in [0.1, 0.15) is 5.69 Å². The Balaban J connectivity index is 2.63. The van der Waals surface area contributed by atoms with Gasteiger partial charge in [0.1, 0.15) is 0 Å². The van der Waals surface area contributed by atoms with Gasteiger partial charge in [-0.1, -0.05) is 0 Å². The van der Waals surface area contributed by atoms with Gasteiger partial charge in [0.25, 0.3) is 5.56 Å². The Hall–Kier alpha value is -1.91. The van der Waals surface area contributed by atoms with Crippen LogP contribution in [-0.2, 0) is 7.05 Å². The molecule has 0 aliphatic heterocycles. The molecule has 0 saturated carbocycles. The molecule has 0 amide bonds. The summed E-state index contributed by atoms with van der Waals surface area (Å²) in [6, 6.07) is 1.83. The van der Waals surface area contributed by atoms with Crippen molar-refractivity contribution < 1.29 is 0 Å². The second kappa shape index (κ2) is 3.10. The van der Waals surface area contributed by atoms with E-state index in [1.807, 2.05) is 13.0 Å². The SMILES string of the molecule is Cc1ccn(-c2nccn(C)c2=O)n1. The summed E-state index contributed by atoms with van der Waals surface area (Å²) >= 11 is 0. The van der Waals surface area contributed by atoms with Crippen LogP contribution in [-0.4, -0.2) is 19.3 Å². The standard InChI is InChI=1S/C9H10N4O/c1-7-3-5-13(11-7)8-9(14)12(2)6-4-10-8/h3-6H,1-2H3. The Kier molecular flexibility index (Phi) is 1.92. The lowest BCUT2D eigenvalue weighted by molar-refractivity contribution is 0.761. The van der Waals surface area contributed by atoms with Crippen molar-refractivity contribution in [2.75, 3.05) is 0 Å². The van der Waals surface area contributed by atoms with Gasteiger partial charge in [0, 0.05) is 25.6 Å². The molecule has 72 valence electrons. The van der Waals surface area contributed by atoms with Crippen molar-refractivity contribution in [3.63, 3.8) is 0 Å². The third-order valence-corrected chi connectivity index (χ3v) is 1.94. The predicted octanol–water partition coefficient (Wildman–Crippen LogP) is 0.274. The van der Waals surface area contributed by atoms with Gasteiger partial charge in [0.05, 0.1) is 5.69 Å². The van der Waals surface area contributed by atoms with E-state index in [1.165, 1.54) is 9.25 Å². The minimum Gasteiger partial charge on any atom is -0.314 e. The molecule has 5 heteroatoms. The molecular weight excluding hydrogens is 180 g/mol. The number of hydrogen-bond donors (Lipinski definition) is 0. The van der Waals surface area contributed by atoms with Gasteiger partial charge in [0.15, 0.2) is 0 Å². The Bertz CT molecular complexity index is 512. The minimum absolute atomic E-state index is 0.157. The highest BCUT2D eigenvalue weighted by Crippen LogP contribution is 1.97. The molecule has 0 N–H and O–H groups in total. The molecule has 0 aliphatic rings. The first-order valence-electron chi connectivity index (χ1n) is 4.23. The molecule has 0 unspecified atom stereocenters. The Morgan fingerprint density at radius 1 is 1.36 bits per heavy atom. The van der Waals surface area contributed by atoms with E-state index >= 15 is 0 Å². The fourth-order valence-electron chi connectivity index (χ4n) is 1.17. The maximum atomic E-state index is 11.6. The molecule has 0 aromatic carbocycles. The van der Waals surface area contributed by atoms with E-state index in [0.717, 1.165) is 5.69 Å². The zero-order valence-electron chi connectivity index (χ0n) is 8.01. The van der Waals surface area contributed by atoms with Gasteiger partial charge >= 0.3 is 0 Å². The molecule has 0 bridgehead atoms. The number of rotatable bonds is 1. The normalized spacial score (nSPS) is 10.4. The smallest absolute Gasteiger partial charge is 0.295 e. The summed E-state index contributed by atoms with van der Waals surface area (Å²) in [5.41, 5.74) is 0.702. The summed E-state index contributed by atoms with van der Waals surface area (Å²) in [5, 5.41) is 4.12. The quantitative estimate of drug-likeness (QED) is 0.648. The van der Waals surface area contributed by atoms with Crippen LogP contribution >= 0.6 is 0 Å². The summed E-state index contributed by atoms with van der Waals surface area (Å²) in [6.45, 7) is 1.86.